The SMILES string of the molecule is CC(C)C(CO)NC(=O)C=Cc1ccccc1Br. The first-order chi connectivity index (χ1) is 8.54. The zero-order valence-electron chi connectivity index (χ0n) is 10.6. The number of hydrogen-bond donors (Lipinski definition) is 2. The van der Waals surface area contributed by atoms with Gasteiger partial charge in [-0.25, -0.2) is 0 Å². The van der Waals surface area contributed by atoms with E-state index in [1.54, 1.807) is 6.08 Å². The maximum atomic E-state index is 11.7. The first-order valence-corrected chi connectivity index (χ1v) is 6.68. The second-order valence-corrected chi connectivity index (χ2v) is 5.25. The number of aliphatic hydroxyl groups excluding tert-OH is 1. The molecule has 1 aromatic carbocycles. The molecule has 1 amide bonds. The average molecular weight is 312 g/mol. The Bertz CT molecular complexity index is 430. The van der Waals surface area contributed by atoms with Gasteiger partial charge in [0.25, 0.3) is 0 Å². The fourth-order valence-corrected chi connectivity index (χ4v) is 1.85. The third-order valence-corrected chi connectivity index (χ3v) is 3.37. The highest BCUT2D eigenvalue weighted by atomic mass is 79.9. The lowest BCUT2D eigenvalue weighted by Gasteiger charge is -2.18. The number of nitrogens with one attached hydrogen (secondary N) is 1. The number of benzene rings is 1. The highest BCUT2D eigenvalue weighted by Gasteiger charge is 2.13. The van der Waals surface area contributed by atoms with Crippen LogP contribution >= 0.6 is 15.9 Å². The third-order valence-electron chi connectivity index (χ3n) is 2.65. The molecule has 18 heavy (non-hydrogen) atoms. The van der Waals surface area contributed by atoms with Crippen LogP contribution in [0, 0.1) is 5.92 Å². The van der Waals surface area contributed by atoms with Gasteiger partial charge in [-0.05, 0) is 23.6 Å². The van der Waals surface area contributed by atoms with Gasteiger partial charge < -0.3 is 10.4 Å². The summed E-state index contributed by atoms with van der Waals surface area (Å²) in [6.07, 6.45) is 3.22. The minimum absolute atomic E-state index is 0.0493. The Hall–Kier alpha value is -1.13. The molecule has 98 valence electrons. The number of carbonyl (C=O) groups is 1. The molecule has 0 saturated carbocycles. The molecule has 0 radical (unpaired) electrons. The average Bonchev–Trinajstić information content (AvgIpc) is 2.34. The maximum Gasteiger partial charge on any atom is 0.244 e. The summed E-state index contributed by atoms with van der Waals surface area (Å²) in [5, 5.41) is 11.9. The fourth-order valence-electron chi connectivity index (χ4n) is 1.43. The van der Waals surface area contributed by atoms with Gasteiger partial charge in [0.1, 0.15) is 0 Å². The van der Waals surface area contributed by atoms with E-state index in [-0.39, 0.29) is 24.5 Å². The van der Waals surface area contributed by atoms with Crippen molar-refractivity contribution < 1.29 is 9.90 Å². The predicted molar refractivity (Wildman–Crippen MR) is 77.0 cm³/mol. The summed E-state index contributed by atoms with van der Waals surface area (Å²) >= 11 is 3.41. The molecule has 0 aromatic heterocycles. The molecule has 0 saturated heterocycles. The zero-order chi connectivity index (χ0) is 13.5. The number of carbonyl (C=O) groups excluding carboxylic acids is 1. The molecule has 1 aromatic rings. The molecule has 0 bridgehead atoms. The van der Waals surface area contributed by atoms with E-state index in [1.165, 1.54) is 6.08 Å². The van der Waals surface area contributed by atoms with Gasteiger partial charge in [0.2, 0.25) is 5.91 Å². The number of aliphatic hydroxyl groups is 1. The van der Waals surface area contributed by atoms with E-state index in [0.717, 1.165) is 10.0 Å². The van der Waals surface area contributed by atoms with Gasteiger partial charge in [-0.1, -0.05) is 48.0 Å². The number of hydrogen-bond acceptors (Lipinski definition) is 2. The Morgan fingerprint density at radius 1 is 1.44 bits per heavy atom. The van der Waals surface area contributed by atoms with Crippen molar-refractivity contribution in [1.29, 1.82) is 0 Å². The van der Waals surface area contributed by atoms with E-state index in [9.17, 15) is 4.79 Å². The largest absolute Gasteiger partial charge is 0.394 e. The Labute approximate surface area is 116 Å². The van der Waals surface area contributed by atoms with E-state index >= 15 is 0 Å². The molecule has 1 atom stereocenters. The summed E-state index contributed by atoms with van der Waals surface area (Å²) in [4.78, 5) is 11.7. The lowest BCUT2D eigenvalue weighted by atomic mass is 10.1. The van der Waals surface area contributed by atoms with E-state index in [0.29, 0.717) is 0 Å². The molecule has 0 aliphatic carbocycles. The molecule has 4 heteroatoms. The molecule has 0 aliphatic heterocycles. The van der Waals surface area contributed by atoms with Crippen LogP contribution in [0.4, 0.5) is 0 Å². The van der Waals surface area contributed by atoms with Crippen LogP contribution in [0.3, 0.4) is 0 Å². The van der Waals surface area contributed by atoms with E-state index in [2.05, 4.69) is 21.2 Å². The normalized spacial score (nSPS) is 12.9. The van der Waals surface area contributed by atoms with Gasteiger partial charge in [-0.2, -0.15) is 0 Å². The Kier molecular flexibility index (Phi) is 6.09. The summed E-state index contributed by atoms with van der Waals surface area (Å²) in [7, 11) is 0. The zero-order valence-corrected chi connectivity index (χ0v) is 12.1. The lowest BCUT2D eigenvalue weighted by molar-refractivity contribution is -0.117. The second kappa shape index (κ2) is 7.34. The first kappa shape index (κ1) is 14.9. The van der Waals surface area contributed by atoms with E-state index < -0.39 is 0 Å². The molecular weight excluding hydrogens is 294 g/mol. The monoisotopic (exact) mass is 311 g/mol. The summed E-state index contributed by atoms with van der Waals surface area (Å²) in [5.74, 6) is 0.00862. The van der Waals surface area contributed by atoms with Crippen LogP contribution in [-0.2, 0) is 4.79 Å². The van der Waals surface area contributed by atoms with Crippen molar-refractivity contribution in [2.45, 2.75) is 19.9 Å². The van der Waals surface area contributed by atoms with Crippen LogP contribution in [0.25, 0.3) is 6.08 Å². The molecule has 3 nitrogen and oxygen atoms in total. The summed E-state index contributed by atoms with van der Waals surface area (Å²) in [6, 6.07) is 7.46. The van der Waals surface area contributed by atoms with Gasteiger partial charge in [-0.3, -0.25) is 4.79 Å². The maximum absolute atomic E-state index is 11.7. The van der Waals surface area contributed by atoms with Gasteiger partial charge in [0, 0.05) is 10.5 Å². The topological polar surface area (TPSA) is 49.3 Å². The Morgan fingerprint density at radius 3 is 2.67 bits per heavy atom. The molecule has 1 rings (SSSR count). The predicted octanol–water partition coefficient (Wildman–Crippen LogP) is 2.60. The van der Waals surface area contributed by atoms with Gasteiger partial charge in [-0.15, -0.1) is 0 Å². The van der Waals surface area contributed by atoms with Gasteiger partial charge in [0.15, 0.2) is 0 Å². The second-order valence-electron chi connectivity index (χ2n) is 4.40. The van der Waals surface area contributed by atoms with Crippen LogP contribution in [0.2, 0.25) is 0 Å². The number of halogens is 1. The van der Waals surface area contributed by atoms with Crippen molar-refractivity contribution in [3.05, 3.63) is 40.4 Å². The van der Waals surface area contributed by atoms with Crippen molar-refractivity contribution in [3.63, 3.8) is 0 Å². The van der Waals surface area contributed by atoms with E-state index in [4.69, 9.17) is 5.11 Å². The van der Waals surface area contributed by atoms with Crippen molar-refractivity contribution in [3.8, 4) is 0 Å². The van der Waals surface area contributed by atoms with Gasteiger partial charge in [0.05, 0.1) is 12.6 Å². The van der Waals surface area contributed by atoms with E-state index in [1.807, 2.05) is 38.1 Å². The molecule has 0 heterocycles. The smallest absolute Gasteiger partial charge is 0.244 e. The molecular formula is C14H18BrNO2. The molecule has 0 spiro atoms. The molecule has 0 aliphatic rings. The summed E-state index contributed by atoms with van der Waals surface area (Å²) in [5.41, 5.74) is 0.942. The minimum atomic E-state index is -0.207. The number of rotatable bonds is 5. The number of amides is 1. The van der Waals surface area contributed by atoms with Crippen molar-refractivity contribution >= 4 is 27.9 Å². The van der Waals surface area contributed by atoms with Gasteiger partial charge >= 0.3 is 0 Å². The fraction of sp³-hybridized carbons (Fsp3) is 0.357. The van der Waals surface area contributed by atoms with Crippen molar-refractivity contribution in [2.24, 2.45) is 5.92 Å². The summed E-state index contributed by atoms with van der Waals surface area (Å²) in [6.45, 7) is 3.86. The van der Waals surface area contributed by atoms with Crippen LogP contribution in [0.15, 0.2) is 34.8 Å². The Balaban J connectivity index is 2.62. The third kappa shape index (κ3) is 4.63. The highest BCUT2D eigenvalue weighted by molar-refractivity contribution is 9.10. The summed E-state index contributed by atoms with van der Waals surface area (Å²) < 4.78 is 0.941. The van der Waals surface area contributed by atoms with Crippen molar-refractivity contribution in [2.75, 3.05) is 6.61 Å². The molecule has 2 N–H and O–H groups in total. The lowest BCUT2D eigenvalue weighted by Crippen LogP contribution is -2.40. The highest BCUT2D eigenvalue weighted by Crippen LogP contribution is 2.16. The van der Waals surface area contributed by atoms with Crippen LogP contribution in [-0.4, -0.2) is 23.7 Å². The quantitative estimate of drug-likeness (QED) is 0.821. The molecule has 0 fully saturated rings. The van der Waals surface area contributed by atoms with Crippen LogP contribution < -0.4 is 5.32 Å². The van der Waals surface area contributed by atoms with Crippen LogP contribution in [0.5, 0.6) is 0 Å². The van der Waals surface area contributed by atoms with Crippen LogP contribution in [0.1, 0.15) is 19.4 Å². The Morgan fingerprint density at radius 2 is 2.11 bits per heavy atom. The minimum Gasteiger partial charge on any atom is -0.394 e. The van der Waals surface area contributed by atoms with Crippen molar-refractivity contribution in [1.82, 2.24) is 5.32 Å². The molecule has 1 unspecified atom stereocenters. The standard InChI is InChI=1S/C14H18BrNO2/c1-10(2)13(9-17)16-14(18)8-7-11-5-3-4-6-12(11)15/h3-8,10,13,17H,9H2,1-2H3,(H,16,18). The first-order valence-electron chi connectivity index (χ1n) is 5.88.